The van der Waals surface area contributed by atoms with Crippen molar-refractivity contribution >= 4 is 32.7 Å². The maximum absolute atomic E-state index is 13.1. The zero-order chi connectivity index (χ0) is 19.9. The van der Waals surface area contributed by atoms with Gasteiger partial charge in [0.25, 0.3) is 0 Å². The van der Waals surface area contributed by atoms with Gasteiger partial charge in [-0.25, -0.2) is 13.4 Å². The number of fused-ring (bicyclic) bond motifs is 1. The molecule has 2 heterocycles. The van der Waals surface area contributed by atoms with Gasteiger partial charge < -0.3 is 4.57 Å². The van der Waals surface area contributed by atoms with Crippen LogP contribution in [-0.4, -0.2) is 35.4 Å². The lowest BCUT2D eigenvalue weighted by molar-refractivity contribution is 0.253. The molecule has 0 atom stereocenters. The number of halogens is 1. The first-order valence-electron chi connectivity index (χ1n) is 9.55. The average Bonchev–Trinajstić information content (AvgIpc) is 3.00. The van der Waals surface area contributed by atoms with Crippen molar-refractivity contribution in [2.24, 2.45) is 5.92 Å². The topological polar surface area (TPSA) is 55.2 Å². The van der Waals surface area contributed by atoms with Crippen molar-refractivity contribution in [3.05, 3.63) is 58.9 Å². The fraction of sp³-hybridized carbons (Fsp3) is 0.381. The van der Waals surface area contributed by atoms with Crippen LogP contribution in [0.3, 0.4) is 0 Å². The highest BCUT2D eigenvalue weighted by atomic mass is 35.5. The van der Waals surface area contributed by atoms with E-state index in [0.717, 1.165) is 36.2 Å². The van der Waals surface area contributed by atoms with E-state index in [4.69, 9.17) is 11.6 Å². The van der Waals surface area contributed by atoms with Crippen LogP contribution >= 0.6 is 11.6 Å². The van der Waals surface area contributed by atoms with Gasteiger partial charge in [0, 0.05) is 24.7 Å². The molecule has 0 bridgehead atoms. The van der Waals surface area contributed by atoms with Gasteiger partial charge in [-0.1, -0.05) is 29.8 Å². The summed E-state index contributed by atoms with van der Waals surface area (Å²) in [6, 6.07) is 13.2. The lowest BCUT2D eigenvalue weighted by Crippen LogP contribution is -2.39. The van der Waals surface area contributed by atoms with E-state index in [9.17, 15) is 8.42 Å². The highest BCUT2D eigenvalue weighted by Crippen LogP contribution is 2.30. The summed E-state index contributed by atoms with van der Waals surface area (Å²) >= 11 is 6.13. The molecule has 0 saturated carbocycles. The predicted molar refractivity (Wildman–Crippen MR) is 112 cm³/mol. The van der Waals surface area contributed by atoms with E-state index in [0.29, 0.717) is 34.5 Å². The van der Waals surface area contributed by atoms with Crippen molar-refractivity contribution in [2.45, 2.75) is 38.1 Å². The molecular formula is C21H24ClN3O2S. The Morgan fingerprint density at radius 3 is 2.54 bits per heavy atom. The second kappa shape index (κ2) is 7.50. The van der Waals surface area contributed by atoms with E-state index >= 15 is 0 Å². The standard InChI is InChI=1S/C21H24ClN3O2S/c1-15-18(22)6-5-9-21(15)28(26,27)24-12-10-17(11-13-24)14-25-16(2)23-19-7-3-4-8-20(19)25/h3-9,17H,10-14H2,1-2H3. The predicted octanol–water partition coefficient (Wildman–Crippen LogP) is 4.41. The number of imidazole rings is 1. The summed E-state index contributed by atoms with van der Waals surface area (Å²) in [4.78, 5) is 4.95. The van der Waals surface area contributed by atoms with Gasteiger partial charge >= 0.3 is 0 Å². The Bertz CT molecular complexity index is 1120. The molecule has 1 aliphatic heterocycles. The second-order valence-electron chi connectivity index (χ2n) is 7.47. The number of para-hydroxylation sites is 2. The third-order valence-corrected chi connectivity index (χ3v) is 8.15. The highest BCUT2D eigenvalue weighted by molar-refractivity contribution is 7.89. The van der Waals surface area contributed by atoms with Crippen LogP contribution in [0.5, 0.6) is 0 Å². The zero-order valence-corrected chi connectivity index (χ0v) is 17.7. The van der Waals surface area contributed by atoms with Gasteiger partial charge in [-0.3, -0.25) is 0 Å². The molecule has 1 aliphatic rings. The van der Waals surface area contributed by atoms with Crippen molar-refractivity contribution in [2.75, 3.05) is 13.1 Å². The Morgan fingerprint density at radius 2 is 1.79 bits per heavy atom. The highest BCUT2D eigenvalue weighted by Gasteiger charge is 2.31. The van der Waals surface area contributed by atoms with Crippen molar-refractivity contribution in [1.29, 1.82) is 0 Å². The number of rotatable bonds is 4. The maximum Gasteiger partial charge on any atom is 0.243 e. The molecule has 0 spiro atoms. The van der Waals surface area contributed by atoms with Crippen LogP contribution in [0.25, 0.3) is 11.0 Å². The molecule has 0 amide bonds. The van der Waals surface area contributed by atoms with E-state index in [-0.39, 0.29) is 0 Å². The van der Waals surface area contributed by atoms with E-state index in [1.807, 2.05) is 25.1 Å². The molecule has 0 N–H and O–H groups in total. The molecular weight excluding hydrogens is 394 g/mol. The fourth-order valence-electron chi connectivity index (χ4n) is 4.02. The molecule has 1 aromatic heterocycles. The fourth-order valence-corrected chi connectivity index (χ4v) is 5.97. The molecule has 5 nitrogen and oxygen atoms in total. The Balaban J connectivity index is 1.49. The summed E-state index contributed by atoms with van der Waals surface area (Å²) in [5.74, 6) is 1.44. The minimum atomic E-state index is -3.51. The largest absolute Gasteiger partial charge is 0.328 e. The van der Waals surface area contributed by atoms with Crippen LogP contribution in [0.2, 0.25) is 5.02 Å². The summed E-state index contributed by atoms with van der Waals surface area (Å²) in [7, 11) is -3.51. The van der Waals surface area contributed by atoms with E-state index < -0.39 is 10.0 Å². The maximum atomic E-state index is 13.1. The summed E-state index contributed by atoms with van der Waals surface area (Å²) in [5.41, 5.74) is 2.77. The van der Waals surface area contributed by atoms with E-state index in [1.165, 1.54) is 0 Å². The second-order valence-corrected chi connectivity index (χ2v) is 9.78. The molecule has 1 saturated heterocycles. The lowest BCUT2D eigenvalue weighted by atomic mass is 9.98. The van der Waals surface area contributed by atoms with Crippen LogP contribution in [0.15, 0.2) is 47.4 Å². The van der Waals surface area contributed by atoms with Gasteiger partial charge in [0.2, 0.25) is 10.0 Å². The molecule has 0 radical (unpaired) electrons. The first kappa shape index (κ1) is 19.4. The summed E-state index contributed by atoms with van der Waals surface area (Å²) in [6.45, 7) is 5.72. The number of hydrogen-bond donors (Lipinski definition) is 0. The zero-order valence-electron chi connectivity index (χ0n) is 16.1. The quantitative estimate of drug-likeness (QED) is 0.631. The normalized spacial score (nSPS) is 16.7. The Morgan fingerprint density at radius 1 is 1.07 bits per heavy atom. The first-order chi connectivity index (χ1) is 13.4. The van der Waals surface area contributed by atoms with Crippen LogP contribution in [0.1, 0.15) is 24.2 Å². The number of benzene rings is 2. The summed E-state index contributed by atoms with van der Waals surface area (Å²) in [5, 5.41) is 0.485. The van der Waals surface area contributed by atoms with Crippen LogP contribution in [-0.2, 0) is 16.6 Å². The van der Waals surface area contributed by atoms with Crippen molar-refractivity contribution in [3.63, 3.8) is 0 Å². The number of nitrogens with zero attached hydrogens (tertiary/aromatic N) is 3. The number of piperidine rings is 1. The van der Waals surface area contributed by atoms with Crippen molar-refractivity contribution < 1.29 is 8.42 Å². The molecule has 28 heavy (non-hydrogen) atoms. The first-order valence-corrected chi connectivity index (χ1v) is 11.4. The minimum absolute atomic E-state index is 0.315. The third-order valence-electron chi connectivity index (χ3n) is 5.70. The van der Waals surface area contributed by atoms with Crippen LogP contribution < -0.4 is 0 Å². The number of sulfonamides is 1. The summed E-state index contributed by atoms with van der Waals surface area (Å²) < 4.78 is 30.0. The Labute approximate surface area is 171 Å². The minimum Gasteiger partial charge on any atom is -0.328 e. The molecule has 1 fully saturated rings. The molecule has 148 valence electrons. The smallest absolute Gasteiger partial charge is 0.243 e. The number of hydrogen-bond acceptors (Lipinski definition) is 3. The SMILES string of the molecule is Cc1c(Cl)cccc1S(=O)(=O)N1CCC(Cn2c(C)nc3ccccc32)CC1. The molecule has 2 aromatic carbocycles. The van der Waals surface area contributed by atoms with Crippen LogP contribution in [0, 0.1) is 19.8 Å². The summed E-state index contributed by atoms with van der Waals surface area (Å²) in [6.07, 6.45) is 1.68. The monoisotopic (exact) mass is 417 g/mol. The van der Waals surface area contributed by atoms with Crippen LogP contribution in [0.4, 0.5) is 0 Å². The lowest BCUT2D eigenvalue weighted by Gasteiger charge is -2.32. The average molecular weight is 418 g/mol. The molecule has 4 rings (SSSR count). The van der Waals surface area contributed by atoms with Gasteiger partial charge in [-0.15, -0.1) is 0 Å². The van der Waals surface area contributed by atoms with Gasteiger partial charge in [-0.05, 0) is 62.4 Å². The molecule has 0 aliphatic carbocycles. The Kier molecular flexibility index (Phi) is 5.21. The molecule has 0 unspecified atom stereocenters. The van der Waals surface area contributed by atoms with Gasteiger partial charge in [-0.2, -0.15) is 4.31 Å². The molecule has 3 aromatic rings. The van der Waals surface area contributed by atoms with E-state index in [2.05, 4.69) is 15.6 Å². The van der Waals surface area contributed by atoms with Gasteiger partial charge in [0.05, 0.1) is 15.9 Å². The van der Waals surface area contributed by atoms with Crippen molar-refractivity contribution in [1.82, 2.24) is 13.9 Å². The number of aryl methyl sites for hydroxylation is 1. The Hall–Kier alpha value is -1.89. The number of aromatic nitrogens is 2. The van der Waals surface area contributed by atoms with Gasteiger partial charge in [0.1, 0.15) is 5.82 Å². The molecule has 7 heteroatoms. The van der Waals surface area contributed by atoms with Crippen molar-refractivity contribution in [3.8, 4) is 0 Å². The third kappa shape index (κ3) is 3.45. The van der Waals surface area contributed by atoms with Gasteiger partial charge in [0.15, 0.2) is 0 Å². The van der Waals surface area contributed by atoms with E-state index in [1.54, 1.807) is 29.4 Å².